The van der Waals surface area contributed by atoms with Gasteiger partial charge in [-0.2, -0.15) is 0 Å². The van der Waals surface area contributed by atoms with Crippen molar-refractivity contribution in [2.45, 2.75) is 45.3 Å². The third-order valence-corrected chi connectivity index (χ3v) is 3.89. The van der Waals surface area contributed by atoms with E-state index in [9.17, 15) is 0 Å². The molecule has 4 nitrogen and oxygen atoms in total. The van der Waals surface area contributed by atoms with Crippen LogP contribution in [0.25, 0.3) is 0 Å². The molecule has 0 heterocycles. The van der Waals surface area contributed by atoms with Crippen LogP contribution in [0.5, 0.6) is 5.75 Å². The molecule has 1 aromatic rings. The first-order chi connectivity index (χ1) is 10.0. The lowest BCUT2D eigenvalue weighted by molar-refractivity contribution is 0.0830. The van der Waals surface area contributed by atoms with Gasteiger partial charge in [0.15, 0.2) is 0 Å². The zero-order valence-electron chi connectivity index (χ0n) is 14.0. The lowest BCUT2D eigenvalue weighted by Crippen LogP contribution is -2.45. The molecule has 0 aliphatic carbocycles. The Labute approximate surface area is 129 Å². The van der Waals surface area contributed by atoms with Crippen molar-refractivity contribution in [3.05, 3.63) is 29.8 Å². The summed E-state index contributed by atoms with van der Waals surface area (Å²) in [5.41, 5.74) is 7.63. The maximum Gasteiger partial charge on any atom is 0.119 e. The first-order valence-electron chi connectivity index (χ1n) is 7.69. The topological polar surface area (TPSA) is 47.7 Å². The van der Waals surface area contributed by atoms with E-state index in [1.165, 1.54) is 5.56 Å². The van der Waals surface area contributed by atoms with E-state index in [-0.39, 0.29) is 12.1 Å². The molecular formula is C17H30N2O2. The summed E-state index contributed by atoms with van der Waals surface area (Å²) >= 11 is 0. The number of nitrogens with two attached hydrogens (primary N) is 1. The van der Waals surface area contributed by atoms with Crippen LogP contribution < -0.4 is 10.5 Å². The van der Waals surface area contributed by atoms with Gasteiger partial charge in [-0.05, 0) is 38.0 Å². The van der Waals surface area contributed by atoms with Gasteiger partial charge in [0, 0.05) is 25.7 Å². The SMILES string of the molecule is CCC(N)C(c1cccc(OC)c1)N(CCOC)C(C)C. The minimum atomic E-state index is 0.0800. The van der Waals surface area contributed by atoms with Crippen molar-refractivity contribution in [2.75, 3.05) is 27.4 Å². The number of benzene rings is 1. The summed E-state index contributed by atoms with van der Waals surface area (Å²) in [6.45, 7) is 8.10. The monoisotopic (exact) mass is 294 g/mol. The molecule has 0 aliphatic heterocycles. The molecule has 4 heteroatoms. The summed E-state index contributed by atoms with van der Waals surface area (Å²) in [7, 11) is 3.43. The van der Waals surface area contributed by atoms with Crippen LogP contribution in [-0.4, -0.2) is 44.4 Å². The van der Waals surface area contributed by atoms with Gasteiger partial charge in [-0.3, -0.25) is 4.90 Å². The average molecular weight is 294 g/mol. The van der Waals surface area contributed by atoms with Crippen LogP contribution in [0.1, 0.15) is 38.8 Å². The summed E-state index contributed by atoms with van der Waals surface area (Å²) in [5, 5.41) is 0. The highest BCUT2D eigenvalue weighted by Crippen LogP contribution is 2.29. The Bertz CT molecular complexity index is 410. The summed E-state index contributed by atoms with van der Waals surface area (Å²) in [6, 6.07) is 8.85. The molecule has 120 valence electrons. The van der Waals surface area contributed by atoms with Gasteiger partial charge in [0.1, 0.15) is 5.75 Å². The molecule has 0 fully saturated rings. The zero-order valence-corrected chi connectivity index (χ0v) is 14.0. The summed E-state index contributed by atoms with van der Waals surface area (Å²) in [5.74, 6) is 0.872. The normalized spacial score (nSPS) is 14.5. The van der Waals surface area contributed by atoms with Crippen LogP contribution in [0.15, 0.2) is 24.3 Å². The van der Waals surface area contributed by atoms with Crippen LogP contribution in [0, 0.1) is 0 Å². The predicted octanol–water partition coefficient (Wildman–Crippen LogP) is 2.83. The largest absolute Gasteiger partial charge is 0.497 e. The van der Waals surface area contributed by atoms with Crippen molar-refractivity contribution in [1.29, 1.82) is 0 Å². The van der Waals surface area contributed by atoms with E-state index < -0.39 is 0 Å². The van der Waals surface area contributed by atoms with E-state index in [0.717, 1.165) is 18.7 Å². The molecular weight excluding hydrogens is 264 g/mol. The second-order valence-corrected chi connectivity index (χ2v) is 5.62. The highest BCUT2D eigenvalue weighted by atomic mass is 16.5. The number of methoxy groups -OCH3 is 2. The van der Waals surface area contributed by atoms with Gasteiger partial charge < -0.3 is 15.2 Å². The molecule has 21 heavy (non-hydrogen) atoms. The number of hydrogen-bond donors (Lipinski definition) is 1. The van der Waals surface area contributed by atoms with Gasteiger partial charge >= 0.3 is 0 Å². The molecule has 0 saturated heterocycles. The molecule has 2 unspecified atom stereocenters. The van der Waals surface area contributed by atoms with Crippen molar-refractivity contribution in [2.24, 2.45) is 5.73 Å². The summed E-state index contributed by atoms with van der Waals surface area (Å²) in [4.78, 5) is 2.41. The molecule has 1 rings (SSSR count). The van der Waals surface area contributed by atoms with Crippen LogP contribution in [0.4, 0.5) is 0 Å². The molecule has 2 atom stereocenters. The number of hydrogen-bond acceptors (Lipinski definition) is 4. The molecule has 0 aliphatic rings. The Hall–Kier alpha value is -1.10. The van der Waals surface area contributed by atoms with Gasteiger partial charge in [-0.15, -0.1) is 0 Å². The second-order valence-electron chi connectivity index (χ2n) is 5.62. The second kappa shape index (κ2) is 9.03. The van der Waals surface area contributed by atoms with Crippen molar-refractivity contribution in [3.8, 4) is 5.75 Å². The first-order valence-corrected chi connectivity index (χ1v) is 7.69. The van der Waals surface area contributed by atoms with Crippen LogP contribution in [-0.2, 0) is 4.74 Å². The zero-order chi connectivity index (χ0) is 15.8. The third kappa shape index (κ3) is 4.99. The molecule has 0 saturated carbocycles. The molecule has 0 radical (unpaired) electrons. The Morgan fingerprint density at radius 1 is 1.24 bits per heavy atom. The lowest BCUT2D eigenvalue weighted by atomic mass is 9.95. The minimum absolute atomic E-state index is 0.0800. The summed E-state index contributed by atoms with van der Waals surface area (Å²) in [6.07, 6.45) is 0.929. The predicted molar refractivity (Wildman–Crippen MR) is 87.7 cm³/mol. The fourth-order valence-electron chi connectivity index (χ4n) is 2.65. The van der Waals surface area contributed by atoms with Crippen molar-refractivity contribution in [1.82, 2.24) is 4.90 Å². The Kier molecular flexibility index (Phi) is 7.72. The molecule has 0 amide bonds. The maximum atomic E-state index is 6.43. The Morgan fingerprint density at radius 3 is 2.48 bits per heavy atom. The molecule has 2 N–H and O–H groups in total. The average Bonchev–Trinajstić information content (AvgIpc) is 2.50. The standard InChI is InChI=1S/C17H30N2O2/c1-6-16(18)17(19(13(2)3)10-11-20-4)14-8-7-9-15(12-14)21-5/h7-9,12-13,16-17H,6,10-11,18H2,1-5H3. The van der Waals surface area contributed by atoms with E-state index in [2.05, 4.69) is 37.8 Å². The fraction of sp³-hybridized carbons (Fsp3) is 0.647. The van der Waals surface area contributed by atoms with E-state index in [0.29, 0.717) is 12.6 Å². The van der Waals surface area contributed by atoms with Crippen molar-refractivity contribution in [3.63, 3.8) is 0 Å². The van der Waals surface area contributed by atoms with Gasteiger partial charge in [0.05, 0.1) is 19.8 Å². The highest BCUT2D eigenvalue weighted by molar-refractivity contribution is 5.31. The van der Waals surface area contributed by atoms with Crippen LogP contribution in [0.3, 0.4) is 0 Å². The molecule has 0 aromatic heterocycles. The number of ether oxygens (including phenoxy) is 2. The number of rotatable bonds is 9. The first kappa shape index (κ1) is 18.0. The van der Waals surface area contributed by atoms with E-state index in [1.54, 1.807) is 14.2 Å². The third-order valence-electron chi connectivity index (χ3n) is 3.89. The van der Waals surface area contributed by atoms with Crippen molar-refractivity contribution >= 4 is 0 Å². The van der Waals surface area contributed by atoms with Gasteiger partial charge in [-0.1, -0.05) is 19.1 Å². The molecule has 1 aromatic carbocycles. The van der Waals surface area contributed by atoms with Gasteiger partial charge in [-0.25, -0.2) is 0 Å². The quantitative estimate of drug-likeness (QED) is 0.761. The fourth-order valence-corrected chi connectivity index (χ4v) is 2.65. The van der Waals surface area contributed by atoms with E-state index in [4.69, 9.17) is 15.2 Å². The van der Waals surface area contributed by atoms with Gasteiger partial charge in [0.2, 0.25) is 0 Å². The Balaban J connectivity index is 3.12. The lowest BCUT2D eigenvalue weighted by Gasteiger charge is -2.38. The Morgan fingerprint density at radius 2 is 1.95 bits per heavy atom. The van der Waals surface area contributed by atoms with E-state index >= 15 is 0 Å². The highest BCUT2D eigenvalue weighted by Gasteiger charge is 2.27. The summed E-state index contributed by atoms with van der Waals surface area (Å²) < 4.78 is 10.6. The van der Waals surface area contributed by atoms with Crippen LogP contribution in [0.2, 0.25) is 0 Å². The maximum absolute atomic E-state index is 6.43. The van der Waals surface area contributed by atoms with E-state index in [1.807, 2.05) is 12.1 Å². The van der Waals surface area contributed by atoms with Crippen LogP contribution >= 0.6 is 0 Å². The molecule has 0 spiro atoms. The molecule has 0 bridgehead atoms. The van der Waals surface area contributed by atoms with Crippen molar-refractivity contribution < 1.29 is 9.47 Å². The smallest absolute Gasteiger partial charge is 0.119 e. The number of nitrogens with zero attached hydrogens (tertiary/aromatic N) is 1. The minimum Gasteiger partial charge on any atom is -0.497 e. The van der Waals surface area contributed by atoms with Gasteiger partial charge in [0.25, 0.3) is 0 Å².